The van der Waals surface area contributed by atoms with Crippen LogP contribution in [0, 0.1) is 0 Å². The van der Waals surface area contributed by atoms with Gasteiger partial charge in [0.1, 0.15) is 5.75 Å². The number of hydrogen-bond donors (Lipinski definition) is 1. The highest BCUT2D eigenvalue weighted by Gasteiger charge is 2.03. The quantitative estimate of drug-likeness (QED) is 0.894. The molecular weight excluding hydrogens is 248 g/mol. The number of halogens is 2. The highest BCUT2D eigenvalue weighted by molar-refractivity contribution is 7.03. The van der Waals surface area contributed by atoms with Gasteiger partial charge in [-0.1, -0.05) is 4.49 Å². The molecule has 0 bridgehead atoms. The van der Waals surface area contributed by atoms with Crippen molar-refractivity contribution in [3.05, 3.63) is 35.3 Å². The Bertz CT molecular complexity index is 447. The third-order valence-electron chi connectivity index (χ3n) is 1.96. The minimum absolute atomic E-state index is 0.140. The minimum Gasteiger partial charge on any atom is -0.435 e. The number of nitrogens with zero attached hydrogens (tertiary/aromatic N) is 2. The molecule has 2 rings (SSSR count). The Balaban J connectivity index is 1.89. The highest BCUT2D eigenvalue weighted by atomic mass is 32.1. The lowest BCUT2D eigenvalue weighted by molar-refractivity contribution is -0.0498. The SMILES string of the molecule is FC(F)Oc1ccc(NCc2csnn2)cc1. The van der Waals surface area contributed by atoms with Gasteiger partial charge < -0.3 is 10.1 Å². The molecule has 0 radical (unpaired) electrons. The molecule has 7 heteroatoms. The Morgan fingerprint density at radius 1 is 1.29 bits per heavy atom. The van der Waals surface area contributed by atoms with Crippen molar-refractivity contribution < 1.29 is 13.5 Å². The fourth-order valence-corrected chi connectivity index (χ4v) is 1.66. The normalized spacial score (nSPS) is 10.5. The summed E-state index contributed by atoms with van der Waals surface area (Å²) in [4.78, 5) is 0. The van der Waals surface area contributed by atoms with Gasteiger partial charge in [0.2, 0.25) is 0 Å². The average Bonchev–Trinajstić information content (AvgIpc) is 2.80. The van der Waals surface area contributed by atoms with Crippen LogP contribution in [0.3, 0.4) is 0 Å². The number of ether oxygens (including phenoxy) is 1. The molecule has 0 saturated carbocycles. The molecule has 0 amide bonds. The highest BCUT2D eigenvalue weighted by Crippen LogP contribution is 2.18. The summed E-state index contributed by atoms with van der Waals surface area (Å²) in [6.45, 7) is -2.25. The monoisotopic (exact) mass is 257 g/mol. The number of alkyl halides is 2. The summed E-state index contributed by atoms with van der Waals surface area (Å²) >= 11 is 1.28. The summed E-state index contributed by atoms with van der Waals surface area (Å²) in [6.07, 6.45) is 0. The molecule has 0 saturated heterocycles. The summed E-state index contributed by atoms with van der Waals surface area (Å²) in [7, 11) is 0. The lowest BCUT2D eigenvalue weighted by Gasteiger charge is -2.06. The van der Waals surface area contributed by atoms with Crippen molar-refractivity contribution in [2.24, 2.45) is 0 Å². The van der Waals surface area contributed by atoms with Crippen LogP contribution in [0.25, 0.3) is 0 Å². The topological polar surface area (TPSA) is 47.0 Å². The summed E-state index contributed by atoms with van der Waals surface area (Å²) in [6, 6.07) is 6.29. The van der Waals surface area contributed by atoms with Crippen molar-refractivity contribution in [2.75, 3.05) is 5.32 Å². The van der Waals surface area contributed by atoms with Crippen molar-refractivity contribution in [1.29, 1.82) is 0 Å². The van der Waals surface area contributed by atoms with Crippen LogP contribution in [0.1, 0.15) is 5.69 Å². The number of hydrogen-bond acceptors (Lipinski definition) is 5. The maximum Gasteiger partial charge on any atom is 0.387 e. The Kier molecular flexibility index (Phi) is 3.81. The molecule has 0 spiro atoms. The van der Waals surface area contributed by atoms with Crippen molar-refractivity contribution in [3.63, 3.8) is 0 Å². The van der Waals surface area contributed by atoms with Crippen molar-refractivity contribution >= 4 is 17.2 Å². The van der Waals surface area contributed by atoms with E-state index in [4.69, 9.17) is 0 Å². The molecule has 1 heterocycles. The molecular formula is C10H9F2N3OS. The van der Waals surface area contributed by atoms with Crippen LogP contribution in [-0.2, 0) is 6.54 Å². The van der Waals surface area contributed by atoms with E-state index in [1.54, 1.807) is 12.1 Å². The molecule has 0 fully saturated rings. The van der Waals surface area contributed by atoms with Gasteiger partial charge in [-0.05, 0) is 35.8 Å². The van der Waals surface area contributed by atoms with E-state index in [1.165, 1.54) is 23.7 Å². The fraction of sp³-hybridized carbons (Fsp3) is 0.200. The van der Waals surface area contributed by atoms with Crippen LogP contribution in [0.4, 0.5) is 14.5 Å². The van der Waals surface area contributed by atoms with Crippen molar-refractivity contribution in [3.8, 4) is 5.75 Å². The Hall–Kier alpha value is -1.76. The zero-order valence-corrected chi connectivity index (χ0v) is 9.45. The molecule has 4 nitrogen and oxygen atoms in total. The van der Waals surface area contributed by atoms with Gasteiger partial charge >= 0.3 is 6.61 Å². The van der Waals surface area contributed by atoms with E-state index in [-0.39, 0.29) is 5.75 Å². The average molecular weight is 257 g/mol. The van der Waals surface area contributed by atoms with Crippen LogP contribution in [0.5, 0.6) is 5.75 Å². The van der Waals surface area contributed by atoms with Gasteiger partial charge in [0, 0.05) is 11.1 Å². The zero-order valence-electron chi connectivity index (χ0n) is 8.64. The summed E-state index contributed by atoms with van der Waals surface area (Å²) in [5.41, 5.74) is 1.64. The van der Waals surface area contributed by atoms with E-state index in [0.29, 0.717) is 6.54 Å². The minimum atomic E-state index is -2.80. The second-order valence-corrected chi connectivity index (χ2v) is 3.76. The molecule has 1 N–H and O–H groups in total. The maximum absolute atomic E-state index is 11.9. The number of benzene rings is 1. The van der Waals surface area contributed by atoms with E-state index < -0.39 is 6.61 Å². The van der Waals surface area contributed by atoms with E-state index in [1.807, 2.05) is 5.38 Å². The molecule has 1 aromatic heterocycles. The number of rotatable bonds is 5. The van der Waals surface area contributed by atoms with Gasteiger partial charge in [0.25, 0.3) is 0 Å². The first-order valence-electron chi connectivity index (χ1n) is 4.79. The van der Waals surface area contributed by atoms with E-state index in [2.05, 4.69) is 19.6 Å². The second kappa shape index (κ2) is 5.53. The van der Waals surface area contributed by atoms with Crippen LogP contribution < -0.4 is 10.1 Å². The predicted octanol–water partition coefficient (Wildman–Crippen LogP) is 2.75. The summed E-state index contributed by atoms with van der Waals surface area (Å²) in [5.74, 6) is 0.140. The first-order valence-corrected chi connectivity index (χ1v) is 5.62. The first kappa shape index (κ1) is 11.7. The zero-order chi connectivity index (χ0) is 12.1. The maximum atomic E-state index is 11.9. The number of anilines is 1. The van der Waals surface area contributed by atoms with Crippen LogP contribution in [0.2, 0.25) is 0 Å². The molecule has 0 atom stereocenters. The van der Waals surface area contributed by atoms with Crippen molar-refractivity contribution in [2.45, 2.75) is 13.2 Å². The second-order valence-electron chi connectivity index (χ2n) is 3.15. The molecule has 0 aliphatic heterocycles. The van der Waals surface area contributed by atoms with Crippen LogP contribution >= 0.6 is 11.5 Å². The molecule has 1 aromatic carbocycles. The van der Waals surface area contributed by atoms with E-state index in [0.717, 1.165) is 11.4 Å². The first-order chi connectivity index (χ1) is 8.24. The largest absolute Gasteiger partial charge is 0.435 e. The van der Waals surface area contributed by atoms with Gasteiger partial charge in [-0.25, -0.2) is 0 Å². The van der Waals surface area contributed by atoms with Gasteiger partial charge in [0.15, 0.2) is 0 Å². The van der Waals surface area contributed by atoms with Gasteiger partial charge in [-0.2, -0.15) is 8.78 Å². The summed E-state index contributed by atoms with van der Waals surface area (Å²) < 4.78 is 31.8. The van der Waals surface area contributed by atoms with Crippen LogP contribution in [0.15, 0.2) is 29.6 Å². The van der Waals surface area contributed by atoms with E-state index >= 15 is 0 Å². The van der Waals surface area contributed by atoms with Gasteiger partial charge in [-0.15, -0.1) is 5.10 Å². The van der Waals surface area contributed by atoms with E-state index in [9.17, 15) is 8.78 Å². The lowest BCUT2D eigenvalue weighted by Crippen LogP contribution is -2.02. The Labute approximate surface area is 100 Å². The van der Waals surface area contributed by atoms with Crippen LogP contribution in [-0.4, -0.2) is 16.2 Å². The van der Waals surface area contributed by atoms with Gasteiger partial charge in [0.05, 0.1) is 12.2 Å². The Morgan fingerprint density at radius 2 is 2.06 bits per heavy atom. The lowest BCUT2D eigenvalue weighted by atomic mass is 10.3. The molecule has 0 aliphatic rings. The summed E-state index contributed by atoms with van der Waals surface area (Å²) in [5, 5.41) is 8.79. The molecule has 0 aliphatic carbocycles. The molecule has 0 unspecified atom stereocenters. The Morgan fingerprint density at radius 3 is 2.65 bits per heavy atom. The third-order valence-corrected chi connectivity index (χ3v) is 2.51. The molecule has 90 valence electrons. The number of aromatic nitrogens is 2. The van der Waals surface area contributed by atoms with Gasteiger partial charge in [-0.3, -0.25) is 0 Å². The molecule has 17 heavy (non-hydrogen) atoms. The smallest absolute Gasteiger partial charge is 0.387 e. The molecule has 2 aromatic rings. The standard InChI is InChI=1S/C10H9F2N3OS/c11-10(12)16-9-3-1-7(2-4-9)13-5-8-6-17-15-14-8/h1-4,6,10,13H,5H2. The number of nitrogens with one attached hydrogen (secondary N) is 1. The van der Waals surface area contributed by atoms with Crippen molar-refractivity contribution in [1.82, 2.24) is 9.59 Å². The fourth-order valence-electron chi connectivity index (χ4n) is 1.21. The third kappa shape index (κ3) is 3.63. The predicted molar refractivity (Wildman–Crippen MR) is 60.3 cm³/mol.